The number of imidazole rings is 1. The maximum absolute atomic E-state index is 11.7. The van der Waals surface area contributed by atoms with Crippen LogP contribution < -0.4 is 5.32 Å². The lowest BCUT2D eigenvalue weighted by atomic mass is 10.3. The molecule has 2 aromatic rings. The molecule has 0 radical (unpaired) electrons. The second kappa shape index (κ2) is 8.43. The molecule has 8 nitrogen and oxygen atoms in total. The van der Waals surface area contributed by atoms with E-state index in [4.69, 9.17) is 9.29 Å². The summed E-state index contributed by atoms with van der Waals surface area (Å²) < 4.78 is 36.2. The topological polar surface area (TPSA) is 111 Å². The average Bonchev–Trinajstić information content (AvgIpc) is 3.16. The summed E-state index contributed by atoms with van der Waals surface area (Å²) in [6, 6.07) is 7.64. The van der Waals surface area contributed by atoms with E-state index < -0.39 is 10.1 Å². The Kier molecular flexibility index (Phi) is 6.52. The summed E-state index contributed by atoms with van der Waals surface area (Å²) >= 11 is 0. The van der Waals surface area contributed by atoms with E-state index in [9.17, 15) is 13.2 Å². The van der Waals surface area contributed by atoms with Crippen molar-refractivity contribution in [3.63, 3.8) is 0 Å². The lowest BCUT2D eigenvalue weighted by molar-refractivity contribution is 0.0503. The first-order chi connectivity index (χ1) is 12.3. The lowest BCUT2D eigenvalue weighted by Gasteiger charge is -2.13. The number of carbonyl (C=O) groups excluding carboxylic acids is 1. The van der Waals surface area contributed by atoms with Crippen LogP contribution in [-0.2, 0) is 27.9 Å². The number of nitrogens with zero attached hydrogens (tertiary/aromatic N) is 2. The van der Waals surface area contributed by atoms with Crippen LogP contribution in [-0.4, -0.2) is 35.1 Å². The van der Waals surface area contributed by atoms with E-state index in [-0.39, 0.29) is 16.9 Å². The van der Waals surface area contributed by atoms with Crippen molar-refractivity contribution >= 4 is 16.1 Å². The molecule has 0 spiro atoms. The molecule has 0 amide bonds. The van der Waals surface area contributed by atoms with Crippen molar-refractivity contribution in [3.8, 4) is 0 Å². The van der Waals surface area contributed by atoms with Gasteiger partial charge in [-0.15, -0.1) is 0 Å². The standard InChI is InChI=1S/C11H17N3O2.C6H6O3S/c1-4-16-11(15)10-13-8-5-12-6-9(8)14(10)7(2)3;7-10(8,9)6-4-2-1-3-5-6/h7,12H,4-6H2,1-3H3;1-5H,(H,7,8,9). The molecule has 0 unspecified atom stereocenters. The molecule has 0 fully saturated rings. The summed E-state index contributed by atoms with van der Waals surface area (Å²) in [6.07, 6.45) is 0. The van der Waals surface area contributed by atoms with Gasteiger partial charge in [0.25, 0.3) is 10.1 Å². The van der Waals surface area contributed by atoms with Crippen molar-refractivity contribution in [1.82, 2.24) is 14.9 Å². The molecule has 0 saturated heterocycles. The lowest BCUT2D eigenvalue weighted by Crippen LogP contribution is -2.18. The summed E-state index contributed by atoms with van der Waals surface area (Å²) in [4.78, 5) is 16.0. The molecular weight excluding hydrogens is 358 g/mol. The van der Waals surface area contributed by atoms with Crippen LogP contribution >= 0.6 is 0 Å². The normalized spacial score (nSPS) is 13.1. The minimum atomic E-state index is -4.00. The summed E-state index contributed by atoms with van der Waals surface area (Å²) in [5.74, 6) is 0.106. The molecular formula is C17H23N3O5S. The number of hydrogen-bond donors (Lipinski definition) is 2. The Bertz CT molecular complexity index is 860. The highest BCUT2D eigenvalue weighted by molar-refractivity contribution is 7.85. The number of ether oxygens (including phenoxy) is 1. The first-order valence-electron chi connectivity index (χ1n) is 8.26. The molecule has 2 heterocycles. The van der Waals surface area contributed by atoms with Crippen molar-refractivity contribution < 1.29 is 22.5 Å². The first-order valence-corrected chi connectivity index (χ1v) is 9.70. The Morgan fingerprint density at radius 2 is 1.96 bits per heavy atom. The van der Waals surface area contributed by atoms with Gasteiger partial charge in [-0.3, -0.25) is 4.55 Å². The Morgan fingerprint density at radius 1 is 1.31 bits per heavy atom. The summed E-state index contributed by atoms with van der Waals surface area (Å²) in [6.45, 7) is 7.79. The molecule has 1 aliphatic rings. The van der Waals surface area contributed by atoms with Crippen LogP contribution in [0.2, 0.25) is 0 Å². The van der Waals surface area contributed by atoms with Gasteiger partial charge in [0.2, 0.25) is 5.82 Å². The Hall–Kier alpha value is -2.23. The summed E-state index contributed by atoms with van der Waals surface area (Å²) in [7, 11) is -4.00. The third-order valence-electron chi connectivity index (χ3n) is 3.69. The number of fused-ring (bicyclic) bond motifs is 1. The molecule has 2 N–H and O–H groups in total. The van der Waals surface area contributed by atoms with Crippen LogP contribution in [0.15, 0.2) is 35.2 Å². The van der Waals surface area contributed by atoms with Crippen LogP contribution in [0.4, 0.5) is 0 Å². The van der Waals surface area contributed by atoms with Crippen LogP contribution in [0.3, 0.4) is 0 Å². The van der Waals surface area contributed by atoms with Crippen molar-refractivity contribution in [1.29, 1.82) is 0 Å². The number of aromatic nitrogens is 2. The van der Waals surface area contributed by atoms with E-state index >= 15 is 0 Å². The molecule has 0 bridgehead atoms. The fraction of sp³-hybridized carbons (Fsp3) is 0.412. The fourth-order valence-corrected chi connectivity index (χ4v) is 3.13. The summed E-state index contributed by atoms with van der Waals surface area (Å²) in [5, 5.41) is 3.23. The minimum absolute atomic E-state index is 0.0741. The molecule has 3 rings (SSSR count). The Labute approximate surface area is 153 Å². The second-order valence-electron chi connectivity index (χ2n) is 5.90. The third-order valence-corrected chi connectivity index (χ3v) is 4.56. The van der Waals surface area contributed by atoms with Gasteiger partial charge in [0.15, 0.2) is 0 Å². The van der Waals surface area contributed by atoms with Crippen LogP contribution in [0.1, 0.15) is 48.8 Å². The van der Waals surface area contributed by atoms with E-state index in [1.807, 2.05) is 18.4 Å². The number of benzene rings is 1. The molecule has 1 aromatic carbocycles. The molecule has 1 aliphatic heterocycles. The maximum Gasteiger partial charge on any atom is 0.374 e. The van der Waals surface area contributed by atoms with Gasteiger partial charge in [-0.25, -0.2) is 9.78 Å². The number of hydrogen-bond acceptors (Lipinski definition) is 6. The maximum atomic E-state index is 11.7. The Morgan fingerprint density at radius 3 is 2.46 bits per heavy atom. The zero-order chi connectivity index (χ0) is 19.3. The van der Waals surface area contributed by atoms with Crippen molar-refractivity contribution in [2.45, 2.75) is 44.8 Å². The quantitative estimate of drug-likeness (QED) is 0.617. The number of rotatable bonds is 4. The van der Waals surface area contributed by atoms with Gasteiger partial charge in [0.05, 0.1) is 22.9 Å². The molecule has 0 saturated carbocycles. The highest BCUT2D eigenvalue weighted by Gasteiger charge is 2.26. The first kappa shape index (κ1) is 20.1. The zero-order valence-corrected chi connectivity index (χ0v) is 15.8. The molecule has 0 aliphatic carbocycles. The summed E-state index contributed by atoms with van der Waals surface area (Å²) in [5.41, 5.74) is 2.08. The van der Waals surface area contributed by atoms with E-state index in [1.165, 1.54) is 12.1 Å². The van der Waals surface area contributed by atoms with Gasteiger partial charge in [0, 0.05) is 19.1 Å². The fourth-order valence-electron chi connectivity index (χ4n) is 2.63. The SMILES string of the molecule is CCOC(=O)c1nc2c(n1C(C)C)CNC2.O=S(=O)(O)c1ccccc1. The molecule has 142 valence electrons. The second-order valence-corrected chi connectivity index (χ2v) is 7.33. The van der Waals surface area contributed by atoms with Gasteiger partial charge >= 0.3 is 5.97 Å². The highest BCUT2D eigenvalue weighted by Crippen LogP contribution is 2.22. The predicted molar refractivity (Wildman–Crippen MR) is 95.4 cm³/mol. The van der Waals surface area contributed by atoms with Crippen molar-refractivity contribution in [2.75, 3.05) is 6.61 Å². The number of esters is 1. The minimum Gasteiger partial charge on any atom is -0.460 e. The highest BCUT2D eigenvalue weighted by atomic mass is 32.2. The van der Waals surface area contributed by atoms with E-state index in [2.05, 4.69) is 10.3 Å². The van der Waals surface area contributed by atoms with E-state index in [0.717, 1.165) is 24.5 Å². The number of carbonyl (C=O) groups is 1. The predicted octanol–water partition coefficient (Wildman–Crippen LogP) is 2.18. The number of nitrogens with one attached hydrogen (secondary N) is 1. The van der Waals surface area contributed by atoms with Gasteiger partial charge in [0.1, 0.15) is 0 Å². The molecule has 26 heavy (non-hydrogen) atoms. The molecule has 9 heteroatoms. The van der Waals surface area contributed by atoms with Crippen LogP contribution in [0, 0.1) is 0 Å². The third kappa shape index (κ3) is 4.69. The molecule has 0 atom stereocenters. The van der Waals surface area contributed by atoms with Gasteiger partial charge in [-0.1, -0.05) is 18.2 Å². The van der Waals surface area contributed by atoms with Gasteiger partial charge in [-0.05, 0) is 32.9 Å². The smallest absolute Gasteiger partial charge is 0.374 e. The van der Waals surface area contributed by atoms with Gasteiger partial charge in [-0.2, -0.15) is 8.42 Å². The monoisotopic (exact) mass is 381 g/mol. The van der Waals surface area contributed by atoms with E-state index in [1.54, 1.807) is 25.1 Å². The van der Waals surface area contributed by atoms with Crippen molar-refractivity contribution in [2.24, 2.45) is 0 Å². The van der Waals surface area contributed by atoms with Crippen LogP contribution in [0.25, 0.3) is 0 Å². The van der Waals surface area contributed by atoms with Gasteiger partial charge < -0.3 is 14.6 Å². The Balaban J connectivity index is 0.000000209. The zero-order valence-electron chi connectivity index (χ0n) is 15.0. The van der Waals surface area contributed by atoms with Crippen molar-refractivity contribution in [3.05, 3.63) is 47.5 Å². The van der Waals surface area contributed by atoms with Crippen LogP contribution in [0.5, 0.6) is 0 Å². The van der Waals surface area contributed by atoms with E-state index in [0.29, 0.717) is 12.4 Å². The largest absolute Gasteiger partial charge is 0.460 e. The average molecular weight is 381 g/mol. The molecule has 1 aromatic heterocycles.